The molecule has 0 bridgehead atoms. The molecule has 0 saturated heterocycles. The van der Waals surface area contributed by atoms with Crippen molar-refractivity contribution in [2.75, 3.05) is 6.26 Å². The van der Waals surface area contributed by atoms with E-state index in [4.69, 9.17) is 0 Å². The van der Waals surface area contributed by atoms with Crippen molar-refractivity contribution in [1.29, 1.82) is 0 Å². The highest BCUT2D eigenvalue weighted by Crippen LogP contribution is 2.47. The van der Waals surface area contributed by atoms with Crippen molar-refractivity contribution in [3.8, 4) is 0 Å². The lowest BCUT2D eigenvalue weighted by molar-refractivity contribution is -0.0329. The standard InChI is InChI=1S/C14H26O3S/c1-3-11-6-4-7-12(10-11)14(15)9-5-8-13(14)18(2,16)17/h11-13,15H,3-10H2,1-2H3. The zero-order valence-electron chi connectivity index (χ0n) is 11.6. The number of sulfone groups is 1. The van der Waals surface area contributed by atoms with Gasteiger partial charge in [0.05, 0.1) is 10.9 Å². The van der Waals surface area contributed by atoms with E-state index in [9.17, 15) is 13.5 Å². The second-order valence-electron chi connectivity index (χ2n) is 6.34. The average Bonchev–Trinajstić information content (AvgIpc) is 2.73. The molecule has 0 aliphatic heterocycles. The summed E-state index contributed by atoms with van der Waals surface area (Å²) in [5.74, 6) is 0.868. The van der Waals surface area contributed by atoms with Crippen LogP contribution in [0, 0.1) is 11.8 Å². The van der Waals surface area contributed by atoms with Crippen molar-refractivity contribution >= 4 is 9.84 Å². The van der Waals surface area contributed by atoms with Gasteiger partial charge in [0, 0.05) is 6.26 Å². The topological polar surface area (TPSA) is 54.4 Å². The molecule has 1 N–H and O–H groups in total. The molecule has 2 rings (SSSR count). The Hall–Kier alpha value is -0.0900. The Morgan fingerprint density at radius 3 is 2.56 bits per heavy atom. The van der Waals surface area contributed by atoms with Crippen LogP contribution in [0.4, 0.5) is 0 Å². The third kappa shape index (κ3) is 2.60. The van der Waals surface area contributed by atoms with Crippen molar-refractivity contribution in [3.05, 3.63) is 0 Å². The van der Waals surface area contributed by atoms with Crippen LogP contribution < -0.4 is 0 Å². The summed E-state index contributed by atoms with van der Waals surface area (Å²) in [7, 11) is -3.13. The second kappa shape index (κ2) is 5.12. The molecule has 0 aromatic rings. The zero-order valence-corrected chi connectivity index (χ0v) is 12.4. The maximum absolute atomic E-state index is 11.9. The number of hydrogen-bond acceptors (Lipinski definition) is 3. The summed E-state index contributed by atoms with van der Waals surface area (Å²) in [5, 5.41) is 10.4. The van der Waals surface area contributed by atoms with Gasteiger partial charge in [-0.2, -0.15) is 0 Å². The molecule has 0 radical (unpaired) electrons. The smallest absolute Gasteiger partial charge is 0.153 e. The summed E-state index contributed by atoms with van der Waals surface area (Å²) >= 11 is 0. The lowest BCUT2D eigenvalue weighted by atomic mass is 9.71. The van der Waals surface area contributed by atoms with E-state index in [1.807, 2.05) is 0 Å². The first-order chi connectivity index (χ1) is 8.38. The molecule has 18 heavy (non-hydrogen) atoms. The first-order valence-corrected chi connectivity index (χ1v) is 9.24. The summed E-state index contributed by atoms with van der Waals surface area (Å²) in [4.78, 5) is 0. The highest BCUT2D eigenvalue weighted by molar-refractivity contribution is 7.91. The van der Waals surface area contributed by atoms with Crippen LogP contribution in [0.5, 0.6) is 0 Å². The van der Waals surface area contributed by atoms with Crippen LogP contribution in [-0.2, 0) is 9.84 Å². The molecule has 106 valence electrons. The van der Waals surface area contributed by atoms with E-state index >= 15 is 0 Å². The Morgan fingerprint density at radius 1 is 1.22 bits per heavy atom. The Bertz CT molecular complexity index is 390. The minimum atomic E-state index is -3.13. The summed E-state index contributed by atoms with van der Waals surface area (Å²) in [6, 6.07) is 0. The molecule has 0 amide bonds. The zero-order chi connectivity index (χ0) is 13.4. The minimum absolute atomic E-state index is 0.193. The summed E-state index contributed by atoms with van der Waals surface area (Å²) in [6.45, 7) is 2.19. The summed E-state index contributed by atoms with van der Waals surface area (Å²) in [5.41, 5.74) is -0.943. The first-order valence-electron chi connectivity index (χ1n) is 7.29. The molecule has 0 heterocycles. The van der Waals surface area contributed by atoms with Crippen LogP contribution in [0.3, 0.4) is 0 Å². The maximum Gasteiger partial charge on any atom is 0.153 e. The van der Waals surface area contributed by atoms with E-state index in [1.165, 1.54) is 12.7 Å². The van der Waals surface area contributed by atoms with Crippen LogP contribution in [-0.4, -0.2) is 30.6 Å². The van der Waals surface area contributed by atoms with Crippen LogP contribution in [0.2, 0.25) is 0 Å². The van der Waals surface area contributed by atoms with Crippen molar-refractivity contribution in [2.24, 2.45) is 11.8 Å². The van der Waals surface area contributed by atoms with Gasteiger partial charge in [-0.1, -0.05) is 26.2 Å². The van der Waals surface area contributed by atoms with Gasteiger partial charge in [0.25, 0.3) is 0 Å². The van der Waals surface area contributed by atoms with Crippen molar-refractivity contribution in [2.45, 2.75) is 69.1 Å². The van der Waals surface area contributed by atoms with Gasteiger partial charge in [-0.15, -0.1) is 0 Å². The Morgan fingerprint density at radius 2 is 1.94 bits per heavy atom. The summed E-state index contributed by atoms with van der Waals surface area (Å²) < 4.78 is 23.8. The second-order valence-corrected chi connectivity index (χ2v) is 8.57. The van der Waals surface area contributed by atoms with Gasteiger partial charge in [0.2, 0.25) is 0 Å². The molecule has 4 unspecified atom stereocenters. The molecular formula is C14H26O3S. The Kier molecular flexibility index (Phi) is 4.07. The van der Waals surface area contributed by atoms with Gasteiger partial charge >= 0.3 is 0 Å². The van der Waals surface area contributed by atoms with Gasteiger partial charge in [-0.25, -0.2) is 8.42 Å². The van der Waals surface area contributed by atoms with Crippen LogP contribution in [0.15, 0.2) is 0 Å². The van der Waals surface area contributed by atoms with Crippen LogP contribution in [0.1, 0.15) is 58.3 Å². The molecule has 4 heteroatoms. The van der Waals surface area contributed by atoms with E-state index in [0.717, 1.165) is 32.1 Å². The molecule has 0 aromatic carbocycles. The Balaban J connectivity index is 2.19. The van der Waals surface area contributed by atoms with Crippen molar-refractivity contribution < 1.29 is 13.5 Å². The molecule has 4 atom stereocenters. The largest absolute Gasteiger partial charge is 0.388 e. The lowest BCUT2D eigenvalue weighted by Crippen LogP contribution is -2.49. The van der Waals surface area contributed by atoms with Gasteiger partial charge in [-0.3, -0.25) is 0 Å². The lowest BCUT2D eigenvalue weighted by Gasteiger charge is -2.41. The van der Waals surface area contributed by atoms with E-state index in [1.54, 1.807) is 0 Å². The fraction of sp³-hybridized carbons (Fsp3) is 1.00. The normalized spacial score (nSPS) is 42.1. The molecule has 0 aromatic heterocycles. The molecule has 3 nitrogen and oxygen atoms in total. The molecule has 2 aliphatic carbocycles. The van der Waals surface area contributed by atoms with Crippen LogP contribution in [0.25, 0.3) is 0 Å². The number of rotatable bonds is 3. The third-order valence-corrected chi connectivity index (χ3v) is 6.86. The monoisotopic (exact) mass is 274 g/mol. The van der Waals surface area contributed by atoms with Crippen LogP contribution >= 0.6 is 0 Å². The quantitative estimate of drug-likeness (QED) is 0.860. The van der Waals surface area contributed by atoms with E-state index < -0.39 is 20.7 Å². The minimum Gasteiger partial charge on any atom is -0.388 e. The van der Waals surface area contributed by atoms with E-state index in [-0.39, 0.29) is 5.92 Å². The highest BCUT2D eigenvalue weighted by Gasteiger charge is 2.52. The molecular weight excluding hydrogens is 248 g/mol. The maximum atomic E-state index is 11.9. The predicted molar refractivity (Wildman–Crippen MR) is 73.2 cm³/mol. The van der Waals surface area contributed by atoms with Gasteiger partial charge in [0.15, 0.2) is 9.84 Å². The first kappa shape index (κ1) is 14.3. The van der Waals surface area contributed by atoms with E-state index in [0.29, 0.717) is 18.8 Å². The predicted octanol–water partition coefficient (Wildman–Crippen LogP) is 2.53. The SMILES string of the molecule is CCC1CCCC(C2(O)CCCC2S(C)(=O)=O)C1. The highest BCUT2D eigenvalue weighted by atomic mass is 32.2. The van der Waals surface area contributed by atoms with Crippen molar-refractivity contribution in [1.82, 2.24) is 0 Å². The molecule has 2 fully saturated rings. The molecule has 0 spiro atoms. The van der Waals surface area contributed by atoms with E-state index in [2.05, 4.69) is 6.92 Å². The van der Waals surface area contributed by atoms with Gasteiger partial charge < -0.3 is 5.11 Å². The third-order valence-electron chi connectivity index (χ3n) is 5.19. The number of hydrogen-bond donors (Lipinski definition) is 1. The molecule has 2 aliphatic rings. The van der Waals surface area contributed by atoms with Gasteiger partial charge in [-0.05, 0) is 43.9 Å². The summed E-state index contributed by atoms with van der Waals surface area (Å²) in [6.07, 6.45) is 8.99. The van der Waals surface area contributed by atoms with Gasteiger partial charge in [0.1, 0.15) is 0 Å². The van der Waals surface area contributed by atoms with Crippen molar-refractivity contribution in [3.63, 3.8) is 0 Å². The Labute approximate surface area is 111 Å². The molecule has 2 saturated carbocycles. The number of aliphatic hydroxyl groups is 1. The fourth-order valence-electron chi connectivity index (χ4n) is 4.15. The average molecular weight is 274 g/mol. The fourth-order valence-corrected chi connectivity index (χ4v) is 5.80.